The summed E-state index contributed by atoms with van der Waals surface area (Å²) in [5, 5.41) is 16.3. The fourth-order valence-corrected chi connectivity index (χ4v) is 4.66. The molecule has 1 heterocycles. The van der Waals surface area contributed by atoms with E-state index in [1.807, 2.05) is 30.9 Å². The Morgan fingerprint density at radius 2 is 1.88 bits per heavy atom. The minimum Gasteiger partial charge on any atom is -0.343 e. The van der Waals surface area contributed by atoms with E-state index in [2.05, 4.69) is 21.5 Å². The first-order chi connectivity index (χ1) is 15.9. The van der Waals surface area contributed by atoms with Crippen molar-refractivity contribution in [1.29, 1.82) is 5.26 Å². The van der Waals surface area contributed by atoms with Gasteiger partial charge in [0.05, 0.1) is 17.7 Å². The van der Waals surface area contributed by atoms with Crippen molar-refractivity contribution in [1.82, 2.24) is 20.4 Å². The van der Waals surface area contributed by atoms with Gasteiger partial charge in [0.25, 0.3) is 0 Å². The number of benzene rings is 1. The topological polar surface area (TPSA) is 112 Å². The summed E-state index contributed by atoms with van der Waals surface area (Å²) in [5.41, 5.74) is 0.987. The van der Waals surface area contributed by atoms with Crippen molar-refractivity contribution < 1.29 is 14.1 Å². The average molecular weight is 452 g/mol. The number of carbonyl (C=O) groups is 2. The van der Waals surface area contributed by atoms with E-state index in [1.165, 1.54) is 6.92 Å². The van der Waals surface area contributed by atoms with Crippen molar-refractivity contribution in [2.45, 2.75) is 83.7 Å². The lowest BCUT2D eigenvalue weighted by Crippen LogP contribution is -2.45. The van der Waals surface area contributed by atoms with E-state index in [0.29, 0.717) is 30.2 Å². The summed E-state index contributed by atoms with van der Waals surface area (Å²) in [5.74, 6) is 0.823. The molecule has 8 nitrogen and oxygen atoms in total. The third-order valence-electron chi connectivity index (χ3n) is 6.47. The molecule has 33 heavy (non-hydrogen) atoms. The fraction of sp³-hybridized carbons (Fsp3) is 0.560. The standard InChI is InChI=1S/C25H33N5O3/c1-4-30(18(2)21-11-9-20(17-26)10-12-21)23(32)14-13-22-27-24(29-33-22)25(28-19(3)31)15-7-5-6-8-16-25/h9-12,18H,4-8,13-16H2,1-3H3,(H,28,31). The second-order valence-electron chi connectivity index (χ2n) is 8.78. The molecule has 0 aliphatic heterocycles. The van der Waals surface area contributed by atoms with Crippen LogP contribution in [-0.2, 0) is 21.5 Å². The van der Waals surface area contributed by atoms with E-state index in [0.717, 1.165) is 44.1 Å². The highest BCUT2D eigenvalue weighted by atomic mass is 16.5. The Balaban J connectivity index is 1.67. The number of rotatable bonds is 8. The zero-order valence-corrected chi connectivity index (χ0v) is 19.8. The van der Waals surface area contributed by atoms with Gasteiger partial charge in [0.1, 0.15) is 5.54 Å². The lowest BCUT2D eigenvalue weighted by molar-refractivity contribution is -0.133. The molecule has 1 atom stereocenters. The van der Waals surface area contributed by atoms with Gasteiger partial charge in [0, 0.05) is 26.3 Å². The Morgan fingerprint density at radius 3 is 2.45 bits per heavy atom. The molecular formula is C25H33N5O3. The molecule has 1 N–H and O–H groups in total. The van der Waals surface area contributed by atoms with Crippen LogP contribution in [0.5, 0.6) is 0 Å². The molecule has 0 bridgehead atoms. The Morgan fingerprint density at radius 1 is 1.21 bits per heavy atom. The monoisotopic (exact) mass is 451 g/mol. The summed E-state index contributed by atoms with van der Waals surface area (Å²) in [6.07, 6.45) is 6.44. The first-order valence-electron chi connectivity index (χ1n) is 11.8. The van der Waals surface area contributed by atoms with Gasteiger partial charge >= 0.3 is 0 Å². The number of carbonyl (C=O) groups excluding carboxylic acids is 2. The Kier molecular flexibility index (Phi) is 8.21. The number of aromatic nitrogens is 2. The summed E-state index contributed by atoms with van der Waals surface area (Å²) < 4.78 is 5.49. The van der Waals surface area contributed by atoms with Crippen molar-refractivity contribution in [3.63, 3.8) is 0 Å². The maximum absolute atomic E-state index is 13.0. The van der Waals surface area contributed by atoms with Gasteiger partial charge < -0.3 is 14.7 Å². The van der Waals surface area contributed by atoms with Crippen molar-refractivity contribution in [3.05, 3.63) is 47.1 Å². The molecule has 0 saturated heterocycles. The molecule has 176 valence electrons. The largest absolute Gasteiger partial charge is 0.343 e. The Labute approximate surface area is 195 Å². The van der Waals surface area contributed by atoms with Gasteiger partial charge in [-0.15, -0.1) is 0 Å². The number of nitriles is 1. The molecule has 1 fully saturated rings. The minimum absolute atomic E-state index is 0.000139. The van der Waals surface area contributed by atoms with Crippen molar-refractivity contribution in [2.75, 3.05) is 6.54 Å². The molecule has 1 aromatic heterocycles. The fourth-order valence-electron chi connectivity index (χ4n) is 4.66. The van der Waals surface area contributed by atoms with Crippen LogP contribution in [0.3, 0.4) is 0 Å². The normalized spacial score (nSPS) is 16.3. The molecule has 2 aromatic rings. The third kappa shape index (κ3) is 5.98. The van der Waals surface area contributed by atoms with Gasteiger partial charge in [-0.3, -0.25) is 9.59 Å². The summed E-state index contributed by atoms with van der Waals surface area (Å²) in [6.45, 7) is 6.02. The van der Waals surface area contributed by atoms with Crippen LogP contribution in [0.4, 0.5) is 0 Å². The van der Waals surface area contributed by atoms with Crippen LogP contribution < -0.4 is 5.32 Å². The Hall–Kier alpha value is -3.21. The van der Waals surface area contributed by atoms with Crippen LogP contribution in [0.25, 0.3) is 0 Å². The second kappa shape index (κ2) is 11.1. The van der Waals surface area contributed by atoms with Crippen LogP contribution in [0.2, 0.25) is 0 Å². The summed E-state index contributed by atoms with van der Waals surface area (Å²) in [6, 6.07) is 9.31. The lowest BCUT2D eigenvalue weighted by atomic mass is 9.89. The molecule has 1 aromatic carbocycles. The molecular weight excluding hydrogens is 418 g/mol. The molecule has 1 saturated carbocycles. The van der Waals surface area contributed by atoms with Crippen molar-refractivity contribution in [2.24, 2.45) is 0 Å². The zero-order chi connectivity index (χ0) is 23.8. The van der Waals surface area contributed by atoms with E-state index in [4.69, 9.17) is 9.78 Å². The van der Waals surface area contributed by atoms with E-state index >= 15 is 0 Å². The molecule has 8 heteroatoms. The van der Waals surface area contributed by atoms with Gasteiger partial charge in [0.2, 0.25) is 17.7 Å². The third-order valence-corrected chi connectivity index (χ3v) is 6.47. The molecule has 3 rings (SSSR count). The van der Waals surface area contributed by atoms with Gasteiger partial charge in [-0.1, -0.05) is 43.0 Å². The second-order valence-corrected chi connectivity index (χ2v) is 8.78. The molecule has 0 radical (unpaired) electrons. The summed E-state index contributed by atoms with van der Waals surface area (Å²) in [7, 11) is 0. The minimum atomic E-state index is -0.590. The summed E-state index contributed by atoms with van der Waals surface area (Å²) >= 11 is 0. The quantitative estimate of drug-likeness (QED) is 0.603. The van der Waals surface area contributed by atoms with E-state index in [1.54, 1.807) is 12.1 Å². The molecule has 1 unspecified atom stereocenters. The van der Waals surface area contributed by atoms with Crippen molar-refractivity contribution >= 4 is 11.8 Å². The van der Waals surface area contributed by atoms with Crippen molar-refractivity contribution in [3.8, 4) is 6.07 Å². The smallest absolute Gasteiger partial charge is 0.227 e. The number of hydrogen-bond donors (Lipinski definition) is 1. The zero-order valence-electron chi connectivity index (χ0n) is 19.8. The van der Waals surface area contributed by atoms with Crippen LogP contribution >= 0.6 is 0 Å². The molecule has 2 amide bonds. The van der Waals surface area contributed by atoms with Crippen LogP contribution in [-0.4, -0.2) is 33.4 Å². The number of amides is 2. The SMILES string of the molecule is CCN(C(=O)CCc1nc(C2(NC(C)=O)CCCCCC2)no1)C(C)c1ccc(C#N)cc1. The lowest BCUT2D eigenvalue weighted by Gasteiger charge is -2.30. The number of hydrogen-bond acceptors (Lipinski definition) is 6. The van der Waals surface area contributed by atoms with E-state index < -0.39 is 5.54 Å². The first kappa shape index (κ1) is 24.4. The highest BCUT2D eigenvalue weighted by Gasteiger charge is 2.38. The van der Waals surface area contributed by atoms with Gasteiger partial charge in [-0.25, -0.2) is 0 Å². The predicted octanol–water partition coefficient (Wildman–Crippen LogP) is 4.17. The van der Waals surface area contributed by atoms with Gasteiger partial charge in [-0.2, -0.15) is 10.2 Å². The highest BCUT2D eigenvalue weighted by molar-refractivity contribution is 5.77. The predicted molar refractivity (Wildman–Crippen MR) is 123 cm³/mol. The van der Waals surface area contributed by atoms with Gasteiger partial charge in [0.15, 0.2) is 5.82 Å². The first-order valence-corrected chi connectivity index (χ1v) is 11.8. The molecule has 1 aliphatic rings. The van der Waals surface area contributed by atoms with E-state index in [9.17, 15) is 9.59 Å². The number of aryl methyl sites for hydroxylation is 1. The number of nitrogens with zero attached hydrogens (tertiary/aromatic N) is 4. The van der Waals surface area contributed by atoms with E-state index in [-0.39, 0.29) is 24.3 Å². The average Bonchev–Trinajstić information content (AvgIpc) is 3.18. The van der Waals surface area contributed by atoms with Crippen LogP contribution in [0.1, 0.15) is 94.6 Å². The van der Waals surface area contributed by atoms with Crippen LogP contribution in [0, 0.1) is 11.3 Å². The van der Waals surface area contributed by atoms with Crippen LogP contribution in [0.15, 0.2) is 28.8 Å². The van der Waals surface area contributed by atoms with Gasteiger partial charge in [-0.05, 0) is 44.4 Å². The Bertz CT molecular complexity index is 984. The molecule has 0 spiro atoms. The maximum atomic E-state index is 13.0. The highest BCUT2D eigenvalue weighted by Crippen LogP contribution is 2.34. The molecule has 1 aliphatic carbocycles. The maximum Gasteiger partial charge on any atom is 0.227 e. The summed E-state index contributed by atoms with van der Waals surface area (Å²) in [4.78, 5) is 31.3. The number of nitrogens with one attached hydrogen (secondary N) is 1.